The predicted molar refractivity (Wildman–Crippen MR) is 92.7 cm³/mol. The Morgan fingerprint density at radius 1 is 1.22 bits per heavy atom. The van der Waals surface area contributed by atoms with E-state index >= 15 is 0 Å². The van der Waals surface area contributed by atoms with Crippen LogP contribution < -0.4 is 5.32 Å². The van der Waals surface area contributed by atoms with E-state index in [4.69, 9.17) is 0 Å². The highest BCUT2D eigenvalue weighted by Gasteiger charge is 2.25. The number of nitrogens with zero attached hydrogens (tertiary/aromatic N) is 3. The molecule has 2 atom stereocenters. The topological polar surface area (TPSA) is 42.2 Å². The van der Waals surface area contributed by atoms with Crippen molar-refractivity contribution in [3.8, 4) is 0 Å². The molecule has 4 rings (SSSR count). The Balaban J connectivity index is 1.41. The summed E-state index contributed by atoms with van der Waals surface area (Å²) >= 11 is 0. The first-order valence-corrected chi connectivity index (χ1v) is 8.39. The van der Waals surface area contributed by atoms with Gasteiger partial charge in [0.15, 0.2) is 5.82 Å². The lowest BCUT2D eigenvalue weighted by atomic mass is 9.96. The first kappa shape index (κ1) is 14.2. The lowest BCUT2D eigenvalue weighted by Gasteiger charge is -2.13. The van der Waals surface area contributed by atoms with Gasteiger partial charge in [0.2, 0.25) is 0 Å². The Bertz CT molecular complexity index is 793. The van der Waals surface area contributed by atoms with Crippen molar-refractivity contribution in [2.24, 2.45) is 5.92 Å². The SMILES string of the molecule is Cc1cc2c(NCC3CCC(c4ccccc4)C3)nccn2n1. The summed E-state index contributed by atoms with van der Waals surface area (Å²) in [7, 11) is 0. The van der Waals surface area contributed by atoms with E-state index in [0.29, 0.717) is 11.8 Å². The quantitative estimate of drug-likeness (QED) is 0.791. The van der Waals surface area contributed by atoms with E-state index in [2.05, 4.69) is 51.8 Å². The van der Waals surface area contributed by atoms with Gasteiger partial charge < -0.3 is 5.32 Å². The molecule has 1 aliphatic rings. The van der Waals surface area contributed by atoms with E-state index in [1.807, 2.05) is 23.8 Å². The number of anilines is 1. The molecule has 1 fully saturated rings. The van der Waals surface area contributed by atoms with E-state index in [0.717, 1.165) is 23.6 Å². The van der Waals surface area contributed by atoms with Gasteiger partial charge in [-0.2, -0.15) is 5.10 Å². The highest BCUT2D eigenvalue weighted by atomic mass is 15.2. The number of aromatic nitrogens is 3. The summed E-state index contributed by atoms with van der Waals surface area (Å²) in [6.07, 6.45) is 7.55. The molecule has 2 heterocycles. The van der Waals surface area contributed by atoms with Gasteiger partial charge in [0.1, 0.15) is 5.52 Å². The normalized spacial score (nSPS) is 20.9. The fourth-order valence-electron chi connectivity index (χ4n) is 3.71. The number of hydrogen-bond donors (Lipinski definition) is 1. The largest absolute Gasteiger partial charge is 0.368 e. The maximum Gasteiger partial charge on any atom is 0.152 e. The first-order chi connectivity index (χ1) is 11.3. The van der Waals surface area contributed by atoms with Crippen LogP contribution in [0.15, 0.2) is 48.8 Å². The van der Waals surface area contributed by atoms with Crippen molar-refractivity contribution >= 4 is 11.3 Å². The molecule has 1 saturated carbocycles. The van der Waals surface area contributed by atoms with Gasteiger partial charge in [-0.15, -0.1) is 0 Å². The zero-order valence-corrected chi connectivity index (χ0v) is 13.4. The maximum atomic E-state index is 4.49. The molecule has 2 aromatic heterocycles. The third-order valence-corrected chi connectivity index (χ3v) is 4.88. The van der Waals surface area contributed by atoms with E-state index in [1.165, 1.54) is 24.8 Å². The average molecular weight is 306 g/mol. The molecule has 0 aliphatic heterocycles. The second kappa shape index (κ2) is 6.03. The van der Waals surface area contributed by atoms with E-state index in [9.17, 15) is 0 Å². The summed E-state index contributed by atoms with van der Waals surface area (Å²) in [4.78, 5) is 4.49. The average Bonchev–Trinajstić information content (AvgIpc) is 3.19. The van der Waals surface area contributed by atoms with Crippen molar-refractivity contribution in [3.05, 3.63) is 60.0 Å². The number of hydrogen-bond acceptors (Lipinski definition) is 3. The molecule has 1 N–H and O–H groups in total. The molecule has 4 nitrogen and oxygen atoms in total. The second-order valence-corrected chi connectivity index (χ2v) is 6.56. The summed E-state index contributed by atoms with van der Waals surface area (Å²) in [6.45, 7) is 3.00. The van der Waals surface area contributed by atoms with E-state index in [-0.39, 0.29) is 0 Å². The fraction of sp³-hybridized carbons (Fsp3) is 0.368. The lowest BCUT2D eigenvalue weighted by molar-refractivity contribution is 0.566. The molecular formula is C19H22N4. The Labute approximate surface area is 136 Å². The summed E-state index contributed by atoms with van der Waals surface area (Å²) in [5, 5.41) is 7.98. The van der Waals surface area contributed by atoms with Crippen LogP contribution in [0.25, 0.3) is 5.52 Å². The van der Waals surface area contributed by atoms with Crippen LogP contribution in [0.4, 0.5) is 5.82 Å². The van der Waals surface area contributed by atoms with Gasteiger partial charge in [-0.25, -0.2) is 9.50 Å². The van der Waals surface area contributed by atoms with E-state index < -0.39 is 0 Å². The third kappa shape index (κ3) is 2.93. The van der Waals surface area contributed by atoms with Gasteiger partial charge in [0.05, 0.1) is 5.69 Å². The summed E-state index contributed by atoms with van der Waals surface area (Å²) in [6, 6.07) is 13.0. The molecule has 3 aromatic rings. The molecule has 0 spiro atoms. The Kier molecular flexibility index (Phi) is 3.74. The molecule has 0 amide bonds. The number of nitrogens with one attached hydrogen (secondary N) is 1. The van der Waals surface area contributed by atoms with Gasteiger partial charge in [-0.05, 0) is 49.7 Å². The fourth-order valence-corrected chi connectivity index (χ4v) is 3.71. The molecule has 0 bridgehead atoms. The van der Waals surface area contributed by atoms with Crippen LogP contribution in [-0.4, -0.2) is 21.1 Å². The standard InChI is InChI=1S/C19H22N4/c1-14-11-18-19(20-9-10-23(18)22-14)21-13-15-7-8-17(12-15)16-5-3-2-4-6-16/h2-6,9-11,15,17H,7-8,12-13H2,1H3,(H,20,21). The molecular weight excluding hydrogens is 284 g/mol. The van der Waals surface area contributed by atoms with Crippen molar-refractivity contribution in [2.75, 3.05) is 11.9 Å². The molecule has 1 aromatic carbocycles. The lowest BCUT2D eigenvalue weighted by Crippen LogP contribution is -2.13. The van der Waals surface area contributed by atoms with Gasteiger partial charge in [0.25, 0.3) is 0 Å². The van der Waals surface area contributed by atoms with Crippen molar-refractivity contribution in [3.63, 3.8) is 0 Å². The number of benzene rings is 1. The maximum absolute atomic E-state index is 4.49. The number of rotatable bonds is 4. The molecule has 2 unspecified atom stereocenters. The van der Waals surface area contributed by atoms with Gasteiger partial charge in [-0.1, -0.05) is 30.3 Å². The minimum Gasteiger partial charge on any atom is -0.368 e. The predicted octanol–water partition coefficient (Wildman–Crippen LogP) is 4.03. The minimum absolute atomic E-state index is 0.712. The molecule has 0 radical (unpaired) electrons. The monoisotopic (exact) mass is 306 g/mol. The zero-order chi connectivity index (χ0) is 15.6. The van der Waals surface area contributed by atoms with Crippen LogP contribution >= 0.6 is 0 Å². The Morgan fingerprint density at radius 2 is 2.09 bits per heavy atom. The molecule has 118 valence electrons. The van der Waals surface area contributed by atoms with Crippen LogP contribution in [0.2, 0.25) is 0 Å². The Hall–Kier alpha value is -2.36. The van der Waals surface area contributed by atoms with E-state index in [1.54, 1.807) is 0 Å². The molecule has 23 heavy (non-hydrogen) atoms. The second-order valence-electron chi connectivity index (χ2n) is 6.56. The van der Waals surface area contributed by atoms with Crippen LogP contribution in [-0.2, 0) is 0 Å². The minimum atomic E-state index is 0.712. The summed E-state index contributed by atoms with van der Waals surface area (Å²) in [5.41, 5.74) is 3.57. The molecule has 1 aliphatic carbocycles. The highest BCUT2D eigenvalue weighted by molar-refractivity contribution is 5.67. The number of aryl methyl sites for hydroxylation is 1. The van der Waals surface area contributed by atoms with Gasteiger partial charge in [0, 0.05) is 18.9 Å². The van der Waals surface area contributed by atoms with Crippen LogP contribution in [0.3, 0.4) is 0 Å². The summed E-state index contributed by atoms with van der Waals surface area (Å²) < 4.78 is 1.89. The smallest absolute Gasteiger partial charge is 0.152 e. The highest BCUT2D eigenvalue weighted by Crippen LogP contribution is 2.38. The number of fused-ring (bicyclic) bond motifs is 1. The Morgan fingerprint density at radius 3 is 2.96 bits per heavy atom. The third-order valence-electron chi connectivity index (χ3n) is 4.88. The first-order valence-electron chi connectivity index (χ1n) is 8.39. The van der Waals surface area contributed by atoms with Gasteiger partial charge >= 0.3 is 0 Å². The van der Waals surface area contributed by atoms with Crippen LogP contribution in [0.5, 0.6) is 0 Å². The molecule has 0 saturated heterocycles. The van der Waals surface area contributed by atoms with Crippen molar-refractivity contribution in [1.82, 2.24) is 14.6 Å². The van der Waals surface area contributed by atoms with Crippen molar-refractivity contribution in [2.45, 2.75) is 32.1 Å². The summed E-state index contributed by atoms with van der Waals surface area (Å²) in [5.74, 6) is 2.37. The van der Waals surface area contributed by atoms with Crippen LogP contribution in [0, 0.1) is 12.8 Å². The van der Waals surface area contributed by atoms with Gasteiger partial charge in [-0.3, -0.25) is 0 Å². The van der Waals surface area contributed by atoms with Crippen LogP contribution in [0.1, 0.15) is 36.4 Å². The zero-order valence-electron chi connectivity index (χ0n) is 13.4. The van der Waals surface area contributed by atoms with Crippen molar-refractivity contribution < 1.29 is 0 Å². The van der Waals surface area contributed by atoms with Crippen molar-refractivity contribution in [1.29, 1.82) is 0 Å². The molecule has 4 heteroatoms.